The van der Waals surface area contributed by atoms with Gasteiger partial charge in [-0.3, -0.25) is 14.1 Å². The quantitative estimate of drug-likeness (QED) is 0.681. The average molecular weight is 391 g/mol. The number of nitrogens with one attached hydrogen (secondary N) is 1. The van der Waals surface area contributed by atoms with E-state index in [1.54, 1.807) is 31.5 Å². The van der Waals surface area contributed by atoms with Gasteiger partial charge >= 0.3 is 5.97 Å². The molecule has 9 heteroatoms. The molecule has 0 aliphatic heterocycles. The molecule has 1 aromatic carbocycles. The summed E-state index contributed by atoms with van der Waals surface area (Å²) in [5.41, 5.74) is 1.43. The molecule has 0 spiro atoms. The van der Waals surface area contributed by atoms with Crippen LogP contribution < -0.4 is 9.62 Å². The molecule has 1 amide bonds. The van der Waals surface area contributed by atoms with Gasteiger partial charge in [0.15, 0.2) is 0 Å². The largest absolute Gasteiger partial charge is 0.462 e. The highest BCUT2D eigenvalue weighted by Crippen LogP contribution is 2.18. The molecule has 0 aliphatic rings. The number of hydrogen-bond acceptors (Lipinski definition) is 6. The van der Waals surface area contributed by atoms with Gasteiger partial charge in [0.25, 0.3) is 0 Å². The molecule has 0 atom stereocenters. The first-order valence-corrected chi connectivity index (χ1v) is 10.1. The van der Waals surface area contributed by atoms with Gasteiger partial charge in [0.05, 0.1) is 24.1 Å². The Balaban J connectivity index is 2.09. The summed E-state index contributed by atoms with van der Waals surface area (Å²) >= 11 is 0. The van der Waals surface area contributed by atoms with Crippen LogP contribution in [-0.4, -0.2) is 44.7 Å². The van der Waals surface area contributed by atoms with Crippen LogP contribution in [-0.2, 0) is 26.1 Å². The van der Waals surface area contributed by atoms with Crippen molar-refractivity contribution >= 4 is 27.6 Å². The molecule has 0 saturated carbocycles. The molecule has 27 heavy (non-hydrogen) atoms. The first-order valence-electron chi connectivity index (χ1n) is 8.21. The lowest BCUT2D eigenvalue weighted by molar-refractivity contribution is -0.119. The summed E-state index contributed by atoms with van der Waals surface area (Å²) in [5, 5.41) is 2.67. The summed E-state index contributed by atoms with van der Waals surface area (Å²) in [5.74, 6) is -0.947. The number of anilines is 1. The lowest BCUT2D eigenvalue weighted by Crippen LogP contribution is -2.40. The number of nitrogens with zero attached hydrogens (tertiary/aromatic N) is 2. The smallest absolute Gasteiger partial charge is 0.338 e. The second-order valence-corrected chi connectivity index (χ2v) is 7.58. The Morgan fingerprint density at radius 2 is 1.74 bits per heavy atom. The molecule has 0 aliphatic carbocycles. The molecule has 0 fully saturated rings. The van der Waals surface area contributed by atoms with E-state index in [0.29, 0.717) is 5.56 Å². The number of aromatic nitrogens is 1. The third kappa shape index (κ3) is 6.07. The lowest BCUT2D eigenvalue weighted by atomic mass is 10.2. The third-order valence-corrected chi connectivity index (χ3v) is 4.73. The molecule has 1 aromatic heterocycles. The van der Waals surface area contributed by atoms with Crippen LogP contribution in [0.1, 0.15) is 22.8 Å². The first-order chi connectivity index (χ1) is 12.8. The van der Waals surface area contributed by atoms with Crippen molar-refractivity contribution < 1.29 is 22.7 Å². The average Bonchev–Trinajstić information content (AvgIpc) is 2.65. The highest BCUT2D eigenvalue weighted by molar-refractivity contribution is 7.92. The van der Waals surface area contributed by atoms with Crippen LogP contribution in [0.3, 0.4) is 0 Å². The molecule has 0 radical (unpaired) electrons. The van der Waals surface area contributed by atoms with Crippen LogP contribution in [0.4, 0.5) is 5.69 Å². The highest BCUT2D eigenvalue weighted by Gasteiger charge is 2.21. The predicted octanol–water partition coefficient (Wildman–Crippen LogP) is 1.34. The standard InChI is InChI=1S/C18H21N3O5S/c1-3-26-18(23)15-4-6-16(7-5-15)21(27(2,24)25)13-17(22)20-12-14-8-10-19-11-9-14/h4-11H,3,12-13H2,1-2H3,(H,20,22). The van der Waals surface area contributed by atoms with Crippen molar-refractivity contribution in [2.75, 3.05) is 23.7 Å². The number of esters is 1. The Morgan fingerprint density at radius 3 is 2.30 bits per heavy atom. The van der Waals surface area contributed by atoms with Crippen LogP contribution in [0.5, 0.6) is 0 Å². The highest BCUT2D eigenvalue weighted by atomic mass is 32.2. The number of benzene rings is 1. The van der Waals surface area contributed by atoms with Gasteiger partial charge in [-0.1, -0.05) is 0 Å². The zero-order valence-electron chi connectivity index (χ0n) is 15.1. The Kier molecular flexibility index (Phi) is 6.89. The van der Waals surface area contributed by atoms with Gasteiger partial charge in [0.1, 0.15) is 6.54 Å². The van der Waals surface area contributed by atoms with Gasteiger partial charge in [0, 0.05) is 18.9 Å². The van der Waals surface area contributed by atoms with Crippen molar-refractivity contribution in [1.29, 1.82) is 0 Å². The third-order valence-electron chi connectivity index (χ3n) is 3.59. The van der Waals surface area contributed by atoms with Crippen molar-refractivity contribution in [3.63, 3.8) is 0 Å². The van der Waals surface area contributed by atoms with Crippen molar-refractivity contribution in [3.8, 4) is 0 Å². The first kappa shape index (κ1) is 20.4. The van der Waals surface area contributed by atoms with Crippen LogP contribution in [0.15, 0.2) is 48.8 Å². The maximum absolute atomic E-state index is 12.2. The van der Waals surface area contributed by atoms with Gasteiger partial charge in [-0.05, 0) is 48.9 Å². The minimum Gasteiger partial charge on any atom is -0.462 e. The topological polar surface area (TPSA) is 106 Å². The number of ether oxygens (including phenoxy) is 1. The molecule has 1 heterocycles. The molecule has 0 bridgehead atoms. The number of hydrogen-bond donors (Lipinski definition) is 1. The van der Waals surface area contributed by atoms with Crippen LogP contribution in [0.25, 0.3) is 0 Å². The van der Waals surface area contributed by atoms with Gasteiger partial charge in [-0.15, -0.1) is 0 Å². The van der Waals surface area contributed by atoms with E-state index in [4.69, 9.17) is 4.74 Å². The van der Waals surface area contributed by atoms with Crippen LogP contribution in [0, 0.1) is 0 Å². The van der Waals surface area contributed by atoms with E-state index in [1.165, 1.54) is 24.3 Å². The zero-order chi connectivity index (χ0) is 19.9. The van der Waals surface area contributed by atoms with Crippen molar-refractivity contribution in [1.82, 2.24) is 10.3 Å². The van der Waals surface area contributed by atoms with Crippen LogP contribution >= 0.6 is 0 Å². The van der Waals surface area contributed by atoms with Crippen LogP contribution in [0.2, 0.25) is 0 Å². The molecule has 8 nitrogen and oxygen atoms in total. The summed E-state index contributed by atoms with van der Waals surface area (Å²) in [4.78, 5) is 27.8. The number of amides is 1. The fraction of sp³-hybridized carbons (Fsp3) is 0.278. The lowest BCUT2D eigenvalue weighted by Gasteiger charge is -2.22. The summed E-state index contributed by atoms with van der Waals surface area (Å²) in [7, 11) is -3.69. The Morgan fingerprint density at radius 1 is 1.11 bits per heavy atom. The summed E-state index contributed by atoms with van der Waals surface area (Å²) in [6.45, 7) is 1.83. The predicted molar refractivity (Wildman–Crippen MR) is 101 cm³/mol. The fourth-order valence-corrected chi connectivity index (χ4v) is 3.12. The molecule has 0 saturated heterocycles. The number of rotatable bonds is 8. The molecule has 1 N–H and O–H groups in total. The summed E-state index contributed by atoms with van der Waals surface area (Å²) in [6, 6.07) is 9.35. The van der Waals surface area contributed by atoms with E-state index in [2.05, 4.69) is 10.3 Å². The SMILES string of the molecule is CCOC(=O)c1ccc(N(CC(=O)NCc2ccncc2)S(C)(=O)=O)cc1. The van der Waals surface area contributed by atoms with Gasteiger partial charge in [0.2, 0.25) is 15.9 Å². The van der Waals surface area contributed by atoms with E-state index in [0.717, 1.165) is 16.1 Å². The monoisotopic (exact) mass is 391 g/mol. The number of pyridine rings is 1. The van der Waals surface area contributed by atoms with Gasteiger partial charge < -0.3 is 10.1 Å². The molecular formula is C18H21N3O5S. The summed E-state index contributed by atoms with van der Waals surface area (Å²) < 4.78 is 30.1. The normalized spacial score (nSPS) is 10.9. The van der Waals surface area contributed by atoms with Crippen molar-refractivity contribution in [2.45, 2.75) is 13.5 Å². The minimum absolute atomic E-state index is 0.244. The van der Waals surface area contributed by atoms with E-state index >= 15 is 0 Å². The second kappa shape index (κ2) is 9.13. The molecule has 144 valence electrons. The Labute approximate surface area is 158 Å². The number of carbonyl (C=O) groups is 2. The number of sulfonamides is 1. The molecule has 0 unspecified atom stereocenters. The molecule has 2 aromatic rings. The molecule has 2 rings (SSSR count). The van der Waals surface area contributed by atoms with Gasteiger partial charge in [-0.25, -0.2) is 13.2 Å². The van der Waals surface area contributed by atoms with E-state index < -0.39 is 21.9 Å². The van der Waals surface area contributed by atoms with Crippen molar-refractivity contribution in [3.05, 3.63) is 59.9 Å². The number of carbonyl (C=O) groups excluding carboxylic acids is 2. The second-order valence-electron chi connectivity index (χ2n) is 5.67. The fourth-order valence-electron chi connectivity index (χ4n) is 2.27. The van der Waals surface area contributed by atoms with E-state index in [1.807, 2.05) is 0 Å². The minimum atomic E-state index is -3.69. The summed E-state index contributed by atoms with van der Waals surface area (Å²) in [6.07, 6.45) is 4.23. The maximum Gasteiger partial charge on any atom is 0.338 e. The zero-order valence-corrected chi connectivity index (χ0v) is 15.9. The van der Waals surface area contributed by atoms with E-state index in [9.17, 15) is 18.0 Å². The maximum atomic E-state index is 12.2. The van der Waals surface area contributed by atoms with Crippen molar-refractivity contribution in [2.24, 2.45) is 0 Å². The Hall–Kier alpha value is -2.94. The Bertz CT molecular complexity index is 883. The van der Waals surface area contributed by atoms with E-state index in [-0.39, 0.29) is 25.4 Å². The molecular weight excluding hydrogens is 370 g/mol. The van der Waals surface area contributed by atoms with Gasteiger partial charge in [-0.2, -0.15) is 0 Å².